The molecule has 2 saturated heterocycles. The van der Waals surface area contributed by atoms with Gasteiger partial charge in [-0.1, -0.05) is 86.1 Å². The maximum Gasteiger partial charge on any atom is 0.220 e. The molecule has 2 aliphatic rings. The minimum absolute atomic E-state index is 0.00946. The summed E-state index contributed by atoms with van der Waals surface area (Å²) in [4.78, 5) is 26.1. The summed E-state index contributed by atoms with van der Waals surface area (Å²) in [6.45, 7) is 7.41. The number of rotatable bonds is 16. The SMILES string of the molecule is COCC1CCCN1CC1OC(c2ccc(-c3ccccc3CNC(=O)CCCCCNC(C)=O)cc2)OC(c2ccc(CO)cc2)C1C. The molecule has 9 heteroatoms. The highest BCUT2D eigenvalue weighted by Gasteiger charge is 2.40. The Balaban J connectivity index is 1.26. The van der Waals surface area contributed by atoms with Gasteiger partial charge in [-0.3, -0.25) is 14.5 Å². The van der Waals surface area contributed by atoms with E-state index in [9.17, 15) is 14.7 Å². The van der Waals surface area contributed by atoms with Crippen molar-refractivity contribution in [3.8, 4) is 11.1 Å². The van der Waals surface area contributed by atoms with Crippen LogP contribution in [-0.2, 0) is 37.0 Å². The molecule has 49 heavy (non-hydrogen) atoms. The second-order valence-electron chi connectivity index (χ2n) is 13.4. The van der Waals surface area contributed by atoms with E-state index in [0.717, 1.165) is 85.2 Å². The van der Waals surface area contributed by atoms with Crippen LogP contribution in [0.5, 0.6) is 0 Å². The van der Waals surface area contributed by atoms with Gasteiger partial charge in [-0.15, -0.1) is 0 Å². The highest BCUT2D eigenvalue weighted by Crippen LogP contribution is 2.42. The molecule has 0 bridgehead atoms. The third kappa shape index (κ3) is 10.2. The van der Waals surface area contributed by atoms with Crippen molar-refractivity contribution in [2.45, 2.75) is 90.1 Å². The highest BCUT2D eigenvalue weighted by molar-refractivity contribution is 5.76. The molecule has 0 radical (unpaired) electrons. The predicted molar refractivity (Wildman–Crippen MR) is 190 cm³/mol. The summed E-state index contributed by atoms with van der Waals surface area (Å²) in [5.74, 6) is 0.123. The number of nitrogens with one attached hydrogen (secondary N) is 2. The molecule has 2 amide bonds. The van der Waals surface area contributed by atoms with Crippen molar-refractivity contribution in [2.24, 2.45) is 5.92 Å². The number of carbonyl (C=O) groups is 2. The van der Waals surface area contributed by atoms with Gasteiger partial charge in [0.2, 0.25) is 11.8 Å². The fourth-order valence-electron chi connectivity index (χ4n) is 6.99. The summed E-state index contributed by atoms with van der Waals surface area (Å²) in [6.07, 6.45) is 4.58. The number of carbonyl (C=O) groups excluding carboxylic acids is 2. The maximum absolute atomic E-state index is 12.6. The topological polar surface area (TPSA) is 109 Å². The van der Waals surface area contributed by atoms with Crippen molar-refractivity contribution >= 4 is 11.8 Å². The molecule has 9 nitrogen and oxygen atoms in total. The van der Waals surface area contributed by atoms with E-state index in [4.69, 9.17) is 14.2 Å². The van der Waals surface area contributed by atoms with Crippen LogP contribution in [0.15, 0.2) is 72.8 Å². The van der Waals surface area contributed by atoms with Gasteiger partial charge in [0.05, 0.1) is 25.4 Å². The molecular formula is C40H53N3O6. The molecule has 2 heterocycles. The molecule has 5 rings (SSSR count). The number of ether oxygens (including phenoxy) is 3. The molecular weight excluding hydrogens is 618 g/mol. The van der Waals surface area contributed by atoms with Crippen LogP contribution >= 0.6 is 0 Å². The Bertz CT molecular complexity index is 1480. The predicted octanol–water partition coefficient (Wildman–Crippen LogP) is 6.06. The zero-order chi connectivity index (χ0) is 34.6. The number of aliphatic hydroxyl groups is 1. The Hall–Kier alpha value is -3.60. The van der Waals surface area contributed by atoms with E-state index in [2.05, 4.69) is 71.0 Å². The monoisotopic (exact) mass is 671 g/mol. The van der Waals surface area contributed by atoms with Crippen LogP contribution in [-0.4, -0.2) is 67.3 Å². The van der Waals surface area contributed by atoms with Gasteiger partial charge < -0.3 is 30.0 Å². The van der Waals surface area contributed by atoms with Crippen LogP contribution in [0.4, 0.5) is 0 Å². The summed E-state index contributed by atoms with van der Waals surface area (Å²) in [6, 6.07) is 25.0. The zero-order valence-electron chi connectivity index (χ0n) is 29.2. The summed E-state index contributed by atoms with van der Waals surface area (Å²) >= 11 is 0. The van der Waals surface area contributed by atoms with Crippen molar-refractivity contribution in [3.63, 3.8) is 0 Å². The van der Waals surface area contributed by atoms with Gasteiger partial charge >= 0.3 is 0 Å². The fourth-order valence-corrected chi connectivity index (χ4v) is 6.99. The van der Waals surface area contributed by atoms with Crippen molar-refractivity contribution in [1.82, 2.24) is 15.5 Å². The van der Waals surface area contributed by atoms with Crippen molar-refractivity contribution < 1.29 is 28.9 Å². The van der Waals surface area contributed by atoms with Gasteiger partial charge in [0, 0.05) is 57.6 Å². The van der Waals surface area contributed by atoms with Crippen molar-refractivity contribution in [3.05, 3.63) is 95.1 Å². The second kappa shape index (κ2) is 18.4. The number of methoxy groups -OCH3 is 1. The van der Waals surface area contributed by atoms with Gasteiger partial charge in [0.1, 0.15) is 0 Å². The number of likely N-dealkylation sites (tertiary alicyclic amines) is 1. The van der Waals surface area contributed by atoms with E-state index in [1.165, 1.54) is 6.92 Å². The van der Waals surface area contributed by atoms with E-state index in [0.29, 0.717) is 25.6 Å². The van der Waals surface area contributed by atoms with E-state index in [1.807, 2.05) is 24.3 Å². The van der Waals surface area contributed by atoms with Crippen LogP contribution in [0.2, 0.25) is 0 Å². The van der Waals surface area contributed by atoms with Gasteiger partial charge in [-0.05, 0) is 60.0 Å². The molecule has 3 aromatic rings. The van der Waals surface area contributed by atoms with Gasteiger partial charge in [0.25, 0.3) is 0 Å². The Kier molecular flexibility index (Phi) is 13.8. The molecule has 2 aliphatic heterocycles. The third-order valence-corrected chi connectivity index (χ3v) is 9.84. The largest absolute Gasteiger partial charge is 0.392 e. The van der Waals surface area contributed by atoms with E-state index < -0.39 is 6.29 Å². The molecule has 0 aliphatic carbocycles. The van der Waals surface area contributed by atoms with Crippen molar-refractivity contribution in [2.75, 3.05) is 33.4 Å². The van der Waals surface area contributed by atoms with Crippen LogP contribution < -0.4 is 10.6 Å². The lowest BCUT2D eigenvalue weighted by Gasteiger charge is -2.43. The molecule has 0 saturated carbocycles. The van der Waals surface area contributed by atoms with E-state index >= 15 is 0 Å². The number of hydrogen-bond donors (Lipinski definition) is 3. The first-order valence-corrected chi connectivity index (χ1v) is 17.8. The average molecular weight is 672 g/mol. The number of nitrogens with zero attached hydrogens (tertiary/aromatic N) is 1. The fraction of sp³-hybridized carbons (Fsp3) is 0.500. The van der Waals surface area contributed by atoms with Gasteiger partial charge in [-0.25, -0.2) is 0 Å². The molecule has 0 spiro atoms. The first kappa shape index (κ1) is 36.7. The standard InChI is InChI=1S/C40H53N3O6/c1-28-37(25-43-23-9-11-35(43)27-47-3)48-40(49-39(28)32-16-14-30(26-44)15-17-32)33-20-18-31(19-21-33)36-12-7-6-10-34(36)24-42-38(46)13-5-4-8-22-41-29(2)45/h6-7,10,12,14-21,28,35,37,39-40,44H,4-5,8-9,11,13,22-27H2,1-3H3,(H,41,45)(H,42,46). The van der Waals surface area contributed by atoms with Crippen LogP contribution in [0.1, 0.15) is 87.0 Å². The van der Waals surface area contributed by atoms with Gasteiger partial charge in [0.15, 0.2) is 6.29 Å². The smallest absolute Gasteiger partial charge is 0.220 e. The lowest BCUT2D eigenvalue weighted by Crippen LogP contribution is -2.46. The second-order valence-corrected chi connectivity index (χ2v) is 13.4. The first-order valence-electron chi connectivity index (χ1n) is 17.8. The minimum atomic E-state index is -0.533. The van der Waals surface area contributed by atoms with Crippen LogP contribution in [0.3, 0.4) is 0 Å². The lowest BCUT2D eigenvalue weighted by atomic mass is 9.89. The lowest BCUT2D eigenvalue weighted by molar-refractivity contribution is -0.276. The molecule has 0 aromatic heterocycles. The third-order valence-electron chi connectivity index (χ3n) is 9.84. The molecule has 3 N–H and O–H groups in total. The molecule has 5 atom stereocenters. The molecule has 264 valence electrons. The first-order chi connectivity index (χ1) is 23.9. The Labute approximate surface area is 291 Å². The maximum atomic E-state index is 12.6. The normalized spacial score (nSPS) is 22.6. The van der Waals surface area contributed by atoms with Gasteiger partial charge in [-0.2, -0.15) is 0 Å². The summed E-state index contributed by atoms with van der Waals surface area (Å²) < 4.78 is 19.0. The minimum Gasteiger partial charge on any atom is -0.392 e. The number of aliphatic hydroxyl groups excluding tert-OH is 1. The number of amides is 2. The number of unbranched alkanes of at least 4 members (excludes halogenated alkanes) is 2. The van der Waals surface area contributed by atoms with Crippen molar-refractivity contribution in [1.29, 1.82) is 0 Å². The highest BCUT2D eigenvalue weighted by atomic mass is 16.7. The molecule has 2 fully saturated rings. The number of hydrogen-bond acceptors (Lipinski definition) is 7. The number of benzene rings is 3. The summed E-state index contributed by atoms with van der Waals surface area (Å²) in [7, 11) is 1.77. The van der Waals surface area contributed by atoms with Crippen LogP contribution in [0.25, 0.3) is 11.1 Å². The van der Waals surface area contributed by atoms with E-state index in [1.54, 1.807) is 7.11 Å². The summed E-state index contributed by atoms with van der Waals surface area (Å²) in [5, 5.41) is 15.5. The Morgan fingerprint density at radius 2 is 1.69 bits per heavy atom. The molecule has 3 aromatic carbocycles. The zero-order valence-corrected chi connectivity index (χ0v) is 29.2. The van der Waals surface area contributed by atoms with Crippen LogP contribution in [0, 0.1) is 5.92 Å². The molecule has 5 unspecified atom stereocenters. The average Bonchev–Trinajstić information content (AvgIpc) is 3.56. The Morgan fingerprint density at radius 1 is 0.939 bits per heavy atom. The quantitative estimate of drug-likeness (QED) is 0.159. The van der Waals surface area contributed by atoms with E-state index in [-0.39, 0.29) is 36.5 Å². The summed E-state index contributed by atoms with van der Waals surface area (Å²) in [5.41, 5.74) is 6.09. The Morgan fingerprint density at radius 3 is 2.43 bits per heavy atom.